The summed E-state index contributed by atoms with van der Waals surface area (Å²) in [6, 6.07) is 9.28. The minimum Gasteiger partial charge on any atom is -0.314 e. The fourth-order valence-corrected chi connectivity index (χ4v) is 3.26. The molecule has 0 heterocycles. The van der Waals surface area contributed by atoms with Crippen molar-refractivity contribution in [2.75, 3.05) is 6.54 Å². The van der Waals surface area contributed by atoms with Crippen molar-refractivity contribution in [3.63, 3.8) is 0 Å². The monoisotopic (exact) mass is 249 g/mol. The third-order valence-corrected chi connectivity index (χ3v) is 4.42. The summed E-state index contributed by atoms with van der Waals surface area (Å²) in [5.74, 6) is 1.54. The second kappa shape index (κ2) is 4.99. The molecule has 92 valence electrons. The smallest absolute Gasteiger partial charge is 0.0408 e. The Morgan fingerprint density at radius 3 is 2.82 bits per heavy atom. The van der Waals surface area contributed by atoms with Crippen LogP contribution in [-0.4, -0.2) is 12.6 Å². The molecule has 0 radical (unpaired) electrons. The second-order valence-corrected chi connectivity index (χ2v) is 5.97. The van der Waals surface area contributed by atoms with Crippen molar-refractivity contribution < 1.29 is 0 Å². The third-order valence-electron chi connectivity index (χ3n) is 4.18. The molecular weight excluding hydrogens is 230 g/mol. The van der Waals surface area contributed by atoms with E-state index in [0.29, 0.717) is 0 Å². The van der Waals surface area contributed by atoms with Crippen molar-refractivity contribution in [3.05, 3.63) is 34.9 Å². The summed E-state index contributed by atoms with van der Waals surface area (Å²) in [4.78, 5) is 0. The maximum Gasteiger partial charge on any atom is 0.0408 e. The molecule has 2 fully saturated rings. The summed E-state index contributed by atoms with van der Waals surface area (Å²) in [5.41, 5.74) is 1.44. The summed E-state index contributed by atoms with van der Waals surface area (Å²) >= 11 is 6.09. The first-order valence-electron chi connectivity index (χ1n) is 6.82. The Morgan fingerprint density at radius 1 is 1.18 bits per heavy atom. The van der Waals surface area contributed by atoms with Gasteiger partial charge in [0, 0.05) is 11.1 Å². The van der Waals surface area contributed by atoms with E-state index in [1.165, 1.54) is 44.2 Å². The number of nitrogens with one attached hydrogen (secondary N) is 1. The van der Waals surface area contributed by atoms with Gasteiger partial charge in [-0.25, -0.2) is 0 Å². The van der Waals surface area contributed by atoms with Crippen molar-refractivity contribution in [3.8, 4) is 0 Å². The van der Waals surface area contributed by atoms with E-state index in [2.05, 4.69) is 23.5 Å². The zero-order valence-electron chi connectivity index (χ0n) is 10.2. The fraction of sp³-hybridized carbons (Fsp3) is 0.600. The quantitative estimate of drug-likeness (QED) is 0.851. The second-order valence-electron chi connectivity index (χ2n) is 5.54. The first-order valence-corrected chi connectivity index (χ1v) is 7.19. The highest BCUT2D eigenvalue weighted by atomic mass is 35.5. The fourth-order valence-electron chi connectivity index (χ4n) is 3.06. The van der Waals surface area contributed by atoms with E-state index in [9.17, 15) is 0 Å². The minimum atomic E-state index is 0.722. The van der Waals surface area contributed by atoms with E-state index < -0.39 is 0 Å². The predicted octanol–water partition coefficient (Wildman–Crippen LogP) is 3.98. The van der Waals surface area contributed by atoms with Gasteiger partial charge < -0.3 is 5.32 Å². The van der Waals surface area contributed by atoms with Gasteiger partial charge in [0.05, 0.1) is 0 Å². The summed E-state index contributed by atoms with van der Waals surface area (Å²) in [7, 11) is 0. The summed E-state index contributed by atoms with van der Waals surface area (Å²) < 4.78 is 0. The molecule has 0 aromatic heterocycles. The highest BCUT2D eigenvalue weighted by molar-refractivity contribution is 6.30. The molecule has 1 N–H and O–H groups in total. The van der Waals surface area contributed by atoms with Crippen LogP contribution in [-0.2, 0) is 0 Å². The van der Waals surface area contributed by atoms with Gasteiger partial charge in [0.1, 0.15) is 0 Å². The van der Waals surface area contributed by atoms with Crippen LogP contribution in [0.5, 0.6) is 0 Å². The Labute approximate surface area is 109 Å². The van der Waals surface area contributed by atoms with Crippen LogP contribution in [0.4, 0.5) is 0 Å². The molecule has 2 aliphatic rings. The molecule has 0 saturated heterocycles. The first-order chi connectivity index (χ1) is 8.33. The summed E-state index contributed by atoms with van der Waals surface area (Å²) in [5, 5.41) is 4.56. The Kier molecular flexibility index (Phi) is 3.39. The van der Waals surface area contributed by atoms with Crippen LogP contribution in [0.3, 0.4) is 0 Å². The lowest BCUT2D eigenvalue weighted by Gasteiger charge is -2.20. The standard InChI is InChI=1S/C15H20ClN/c16-13-5-1-3-11(9-13)15-6-2-4-12(15)10-17-14-7-8-14/h1,3,5,9,12,14-15,17H,2,4,6-8,10H2. The van der Waals surface area contributed by atoms with Gasteiger partial charge in [-0.3, -0.25) is 0 Å². The minimum absolute atomic E-state index is 0.722. The molecule has 2 unspecified atom stereocenters. The van der Waals surface area contributed by atoms with E-state index in [0.717, 1.165) is 22.9 Å². The zero-order valence-corrected chi connectivity index (χ0v) is 10.9. The van der Waals surface area contributed by atoms with Crippen LogP contribution in [0, 0.1) is 5.92 Å². The van der Waals surface area contributed by atoms with Crippen LogP contribution < -0.4 is 5.32 Å². The Bertz CT molecular complexity index is 386. The van der Waals surface area contributed by atoms with Crippen LogP contribution in [0.15, 0.2) is 24.3 Å². The molecule has 0 spiro atoms. The van der Waals surface area contributed by atoms with Gasteiger partial charge in [-0.05, 0) is 61.8 Å². The third kappa shape index (κ3) is 2.83. The molecule has 2 aliphatic carbocycles. The average Bonchev–Trinajstić information content (AvgIpc) is 3.04. The van der Waals surface area contributed by atoms with Crippen LogP contribution in [0.2, 0.25) is 5.02 Å². The summed E-state index contributed by atoms with van der Waals surface area (Å²) in [6.07, 6.45) is 6.84. The van der Waals surface area contributed by atoms with Gasteiger partial charge in [0.25, 0.3) is 0 Å². The SMILES string of the molecule is Clc1cccc(C2CCCC2CNC2CC2)c1. The van der Waals surface area contributed by atoms with E-state index in [4.69, 9.17) is 11.6 Å². The number of halogens is 1. The highest BCUT2D eigenvalue weighted by Crippen LogP contribution is 2.40. The van der Waals surface area contributed by atoms with Crippen molar-refractivity contribution in [1.82, 2.24) is 5.32 Å². The van der Waals surface area contributed by atoms with Gasteiger partial charge in [-0.2, -0.15) is 0 Å². The van der Waals surface area contributed by atoms with Gasteiger partial charge in [0.2, 0.25) is 0 Å². The van der Waals surface area contributed by atoms with Crippen molar-refractivity contribution in [2.24, 2.45) is 5.92 Å². The van der Waals surface area contributed by atoms with E-state index in [-0.39, 0.29) is 0 Å². The van der Waals surface area contributed by atoms with Gasteiger partial charge in [-0.15, -0.1) is 0 Å². The molecule has 1 nitrogen and oxygen atoms in total. The van der Waals surface area contributed by atoms with Crippen molar-refractivity contribution >= 4 is 11.6 Å². The predicted molar refractivity (Wildman–Crippen MR) is 72.6 cm³/mol. The van der Waals surface area contributed by atoms with Crippen LogP contribution >= 0.6 is 11.6 Å². The Hall–Kier alpha value is -0.530. The van der Waals surface area contributed by atoms with Crippen LogP contribution in [0.1, 0.15) is 43.6 Å². The highest BCUT2D eigenvalue weighted by Gasteiger charge is 2.30. The lowest BCUT2D eigenvalue weighted by atomic mass is 9.89. The molecule has 0 bridgehead atoms. The average molecular weight is 250 g/mol. The maximum atomic E-state index is 6.09. The number of benzene rings is 1. The van der Waals surface area contributed by atoms with Gasteiger partial charge in [-0.1, -0.05) is 30.2 Å². The van der Waals surface area contributed by atoms with Crippen LogP contribution in [0.25, 0.3) is 0 Å². The normalized spacial score (nSPS) is 28.5. The lowest BCUT2D eigenvalue weighted by Crippen LogP contribution is -2.26. The van der Waals surface area contributed by atoms with Gasteiger partial charge in [0.15, 0.2) is 0 Å². The zero-order chi connectivity index (χ0) is 11.7. The molecule has 0 aliphatic heterocycles. The topological polar surface area (TPSA) is 12.0 Å². The summed E-state index contributed by atoms with van der Waals surface area (Å²) in [6.45, 7) is 1.20. The largest absolute Gasteiger partial charge is 0.314 e. The molecule has 2 heteroatoms. The number of hydrogen-bond donors (Lipinski definition) is 1. The molecule has 3 rings (SSSR count). The van der Waals surface area contributed by atoms with E-state index in [1.54, 1.807) is 0 Å². The molecule has 17 heavy (non-hydrogen) atoms. The molecule has 1 aromatic carbocycles. The molecule has 2 saturated carbocycles. The maximum absolute atomic E-state index is 6.09. The first kappa shape index (κ1) is 11.6. The van der Waals surface area contributed by atoms with Crippen molar-refractivity contribution in [1.29, 1.82) is 0 Å². The number of rotatable bonds is 4. The van der Waals surface area contributed by atoms with Crippen molar-refractivity contribution in [2.45, 2.75) is 44.1 Å². The molecule has 2 atom stereocenters. The molecule has 0 amide bonds. The lowest BCUT2D eigenvalue weighted by molar-refractivity contribution is 0.443. The van der Waals surface area contributed by atoms with Gasteiger partial charge >= 0.3 is 0 Å². The molecule has 1 aromatic rings. The Morgan fingerprint density at radius 2 is 2.06 bits per heavy atom. The number of hydrogen-bond acceptors (Lipinski definition) is 1. The molecular formula is C15H20ClN. The Balaban J connectivity index is 1.67. The van der Waals surface area contributed by atoms with E-state index >= 15 is 0 Å². The van der Waals surface area contributed by atoms with E-state index in [1.807, 2.05) is 6.07 Å².